The molecule has 0 aliphatic rings. The van der Waals surface area contributed by atoms with Gasteiger partial charge >= 0.3 is 5.97 Å². The van der Waals surface area contributed by atoms with E-state index in [-0.39, 0.29) is 5.97 Å². The van der Waals surface area contributed by atoms with Crippen LogP contribution in [-0.4, -0.2) is 13.1 Å². The lowest BCUT2D eigenvalue weighted by Gasteiger charge is -2.08. The maximum Gasteiger partial charge on any atom is 0.309 e. The fourth-order valence-corrected chi connectivity index (χ4v) is 2.02. The number of ether oxygens (including phenoxy) is 1. The van der Waals surface area contributed by atoms with Crippen LogP contribution in [-0.2, 0) is 16.0 Å². The van der Waals surface area contributed by atoms with E-state index in [4.69, 9.17) is 0 Å². The van der Waals surface area contributed by atoms with Gasteiger partial charge in [0.05, 0.1) is 13.5 Å². The largest absolute Gasteiger partial charge is 0.469 e. The van der Waals surface area contributed by atoms with Crippen LogP contribution in [0, 0.1) is 6.92 Å². The lowest BCUT2D eigenvalue weighted by molar-refractivity contribution is -0.139. The average Bonchev–Trinajstić information content (AvgIpc) is 2.40. The van der Waals surface area contributed by atoms with Crippen molar-refractivity contribution < 1.29 is 9.53 Å². The molecule has 2 nitrogen and oxygen atoms in total. The van der Waals surface area contributed by atoms with Gasteiger partial charge in [0.25, 0.3) is 0 Å². The molecule has 2 heteroatoms. The predicted molar refractivity (Wildman–Crippen MR) is 72.3 cm³/mol. The third-order valence-electron chi connectivity index (χ3n) is 2.95. The quantitative estimate of drug-likeness (QED) is 0.769. The highest BCUT2D eigenvalue weighted by atomic mass is 16.5. The van der Waals surface area contributed by atoms with Crippen molar-refractivity contribution in [2.45, 2.75) is 13.3 Å². The molecule has 0 spiro atoms. The summed E-state index contributed by atoms with van der Waals surface area (Å²) in [6.45, 7) is 2.06. The monoisotopic (exact) mass is 240 g/mol. The topological polar surface area (TPSA) is 26.3 Å². The lowest BCUT2D eigenvalue weighted by Crippen LogP contribution is -2.04. The summed E-state index contributed by atoms with van der Waals surface area (Å²) >= 11 is 0. The molecule has 0 fully saturated rings. The number of aryl methyl sites for hydroxylation is 1. The van der Waals surface area contributed by atoms with Crippen LogP contribution < -0.4 is 0 Å². The highest BCUT2D eigenvalue weighted by molar-refractivity contribution is 5.74. The first kappa shape index (κ1) is 12.4. The zero-order chi connectivity index (χ0) is 13.0. The van der Waals surface area contributed by atoms with Gasteiger partial charge in [-0.3, -0.25) is 4.79 Å². The van der Waals surface area contributed by atoms with Crippen molar-refractivity contribution >= 4 is 5.97 Å². The summed E-state index contributed by atoms with van der Waals surface area (Å²) in [5.74, 6) is -0.207. The zero-order valence-corrected chi connectivity index (χ0v) is 10.6. The molecule has 2 aromatic carbocycles. The molecule has 18 heavy (non-hydrogen) atoms. The van der Waals surface area contributed by atoms with E-state index >= 15 is 0 Å². The molecule has 0 aromatic heterocycles. The molecule has 0 saturated heterocycles. The number of benzene rings is 2. The molecule has 0 bridgehead atoms. The number of methoxy groups -OCH3 is 1. The molecule has 0 aliphatic carbocycles. The molecule has 0 aliphatic heterocycles. The lowest BCUT2D eigenvalue weighted by atomic mass is 9.97. The molecule has 0 amide bonds. The Bertz CT molecular complexity index is 544. The van der Waals surface area contributed by atoms with Crippen molar-refractivity contribution in [3.63, 3.8) is 0 Å². The Morgan fingerprint density at radius 1 is 1.11 bits per heavy atom. The molecule has 2 aromatic rings. The van der Waals surface area contributed by atoms with E-state index < -0.39 is 0 Å². The van der Waals surface area contributed by atoms with Crippen LogP contribution >= 0.6 is 0 Å². The maximum atomic E-state index is 11.2. The minimum Gasteiger partial charge on any atom is -0.469 e. The van der Waals surface area contributed by atoms with Crippen molar-refractivity contribution in [1.29, 1.82) is 0 Å². The van der Waals surface area contributed by atoms with Crippen molar-refractivity contribution in [3.05, 3.63) is 59.7 Å². The molecule has 2 rings (SSSR count). The van der Waals surface area contributed by atoms with Crippen LogP contribution in [0.1, 0.15) is 11.1 Å². The van der Waals surface area contributed by atoms with Crippen molar-refractivity contribution in [3.8, 4) is 11.1 Å². The Balaban J connectivity index is 2.28. The normalized spacial score (nSPS) is 10.1. The summed E-state index contributed by atoms with van der Waals surface area (Å²) in [5, 5.41) is 0. The molecule has 92 valence electrons. The fraction of sp³-hybridized carbons (Fsp3) is 0.188. The summed E-state index contributed by atoms with van der Waals surface area (Å²) in [7, 11) is 1.41. The SMILES string of the molecule is COC(=O)Cc1ccc(-c2ccccc2)c(C)c1. The molecule has 0 unspecified atom stereocenters. The zero-order valence-electron chi connectivity index (χ0n) is 10.6. The van der Waals surface area contributed by atoms with Gasteiger partial charge in [-0.1, -0.05) is 48.5 Å². The molecule has 0 saturated carbocycles. The van der Waals surface area contributed by atoms with E-state index in [2.05, 4.69) is 29.9 Å². The number of hydrogen-bond donors (Lipinski definition) is 0. The molecule has 0 atom stereocenters. The van der Waals surface area contributed by atoms with E-state index in [9.17, 15) is 4.79 Å². The van der Waals surface area contributed by atoms with Crippen molar-refractivity contribution in [1.82, 2.24) is 0 Å². The summed E-state index contributed by atoms with van der Waals surface area (Å²) in [5.41, 5.74) is 4.55. The maximum absolute atomic E-state index is 11.2. The summed E-state index contributed by atoms with van der Waals surface area (Å²) in [4.78, 5) is 11.2. The first-order chi connectivity index (χ1) is 8.70. The van der Waals surface area contributed by atoms with E-state index in [1.165, 1.54) is 23.8 Å². The second-order valence-electron chi connectivity index (χ2n) is 4.27. The molecule has 0 N–H and O–H groups in total. The summed E-state index contributed by atoms with van der Waals surface area (Å²) in [6.07, 6.45) is 0.326. The third-order valence-corrected chi connectivity index (χ3v) is 2.95. The Hall–Kier alpha value is -2.09. The van der Waals surface area contributed by atoms with Crippen LogP contribution in [0.4, 0.5) is 0 Å². The highest BCUT2D eigenvalue weighted by Crippen LogP contribution is 2.24. The summed E-state index contributed by atoms with van der Waals surface area (Å²) in [6, 6.07) is 16.3. The van der Waals surface area contributed by atoms with Gasteiger partial charge in [0.15, 0.2) is 0 Å². The molecule has 0 heterocycles. The van der Waals surface area contributed by atoms with Crippen LogP contribution in [0.25, 0.3) is 11.1 Å². The Morgan fingerprint density at radius 3 is 2.44 bits per heavy atom. The number of carbonyl (C=O) groups excluding carboxylic acids is 1. The van der Waals surface area contributed by atoms with Crippen LogP contribution in [0.2, 0.25) is 0 Å². The van der Waals surface area contributed by atoms with E-state index in [1.54, 1.807) is 0 Å². The van der Waals surface area contributed by atoms with Crippen LogP contribution in [0.3, 0.4) is 0 Å². The standard InChI is InChI=1S/C16H16O2/c1-12-10-13(11-16(17)18-2)8-9-15(12)14-6-4-3-5-7-14/h3-10H,11H2,1-2H3. The first-order valence-electron chi connectivity index (χ1n) is 5.92. The Labute approximate surface area is 107 Å². The highest BCUT2D eigenvalue weighted by Gasteiger charge is 2.06. The van der Waals surface area contributed by atoms with Crippen LogP contribution in [0.5, 0.6) is 0 Å². The second kappa shape index (κ2) is 5.50. The van der Waals surface area contributed by atoms with Gasteiger partial charge in [-0.2, -0.15) is 0 Å². The van der Waals surface area contributed by atoms with E-state index in [0.29, 0.717) is 6.42 Å². The second-order valence-corrected chi connectivity index (χ2v) is 4.27. The number of hydrogen-bond acceptors (Lipinski definition) is 2. The van der Waals surface area contributed by atoms with Gasteiger partial charge in [0.2, 0.25) is 0 Å². The fourth-order valence-electron chi connectivity index (χ4n) is 2.02. The van der Waals surface area contributed by atoms with Crippen LogP contribution in [0.15, 0.2) is 48.5 Å². The molecule has 0 radical (unpaired) electrons. The number of rotatable bonds is 3. The number of carbonyl (C=O) groups is 1. The minimum atomic E-state index is -0.207. The Kier molecular flexibility index (Phi) is 3.78. The van der Waals surface area contributed by atoms with Gasteiger partial charge < -0.3 is 4.74 Å². The predicted octanol–water partition coefficient (Wildman–Crippen LogP) is 3.38. The third kappa shape index (κ3) is 2.77. The molecular weight excluding hydrogens is 224 g/mol. The van der Waals surface area contributed by atoms with Gasteiger partial charge in [-0.05, 0) is 29.2 Å². The van der Waals surface area contributed by atoms with Crippen molar-refractivity contribution in [2.75, 3.05) is 7.11 Å². The summed E-state index contributed by atoms with van der Waals surface area (Å²) < 4.78 is 4.67. The minimum absolute atomic E-state index is 0.207. The van der Waals surface area contributed by atoms with E-state index in [0.717, 1.165) is 5.56 Å². The van der Waals surface area contributed by atoms with Gasteiger partial charge in [0.1, 0.15) is 0 Å². The first-order valence-corrected chi connectivity index (χ1v) is 5.92. The van der Waals surface area contributed by atoms with Gasteiger partial charge in [-0.15, -0.1) is 0 Å². The molecular formula is C16H16O2. The average molecular weight is 240 g/mol. The smallest absolute Gasteiger partial charge is 0.309 e. The van der Waals surface area contributed by atoms with Crippen molar-refractivity contribution in [2.24, 2.45) is 0 Å². The van der Waals surface area contributed by atoms with Gasteiger partial charge in [-0.25, -0.2) is 0 Å². The van der Waals surface area contributed by atoms with Gasteiger partial charge in [0, 0.05) is 0 Å². The van der Waals surface area contributed by atoms with E-state index in [1.807, 2.05) is 30.3 Å². The number of esters is 1. The Morgan fingerprint density at radius 2 is 1.83 bits per heavy atom.